The Hall–Kier alpha value is -1.04. The molecule has 0 spiro atoms. The van der Waals surface area contributed by atoms with Crippen LogP contribution in [0.5, 0.6) is 0 Å². The highest BCUT2D eigenvalue weighted by Crippen LogP contribution is 2.49. The molecule has 18 heavy (non-hydrogen) atoms. The van der Waals surface area contributed by atoms with Crippen LogP contribution in [-0.4, -0.2) is 0 Å². The third-order valence-electron chi connectivity index (χ3n) is 5.26. The van der Waals surface area contributed by atoms with Gasteiger partial charge in [0.05, 0.1) is 0 Å². The molecule has 0 radical (unpaired) electrons. The molecule has 0 heteroatoms. The third-order valence-corrected chi connectivity index (χ3v) is 5.26. The van der Waals surface area contributed by atoms with Gasteiger partial charge < -0.3 is 0 Å². The molecule has 0 aromatic carbocycles. The van der Waals surface area contributed by atoms with Gasteiger partial charge >= 0.3 is 0 Å². The van der Waals surface area contributed by atoms with Gasteiger partial charge in [0.15, 0.2) is 0 Å². The second-order valence-electron chi connectivity index (χ2n) is 6.72. The quantitative estimate of drug-likeness (QED) is 0.526. The minimum Gasteiger partial charge on any atom is -0.0876 e. The van der Waals surface area contributed by atoms with Gasteiger partial charge in [-0.3, -0.25) is 0 Å². The average molecular weight is 242 g/mol. The first-order chi connectivity index (χ1) is 8.36. The summed E-state index contributed by atoms with van der Waals surface area (Å²) in [6, 6.07) is 0. The molecule has 0 saturated heterocycles. The van der Waals surface area contributed by atoms with E-state index in [-0.39, 0.29) is 10.8 Å². The maximum absolute atomic E-state index is 2.41. The SMILES string of the molecule is CC1=C(C2=CC=CC2)CCC=CC(C)(C)C1(C)C. The molecule has 0 aliphatic heterocycles. The molecule has 2 rings (SSSR count). The topological polar surface area (TPSA) is 0 Å². The first kappa shape index (κ1) is 13.4. The molecule has 0 amide bonds. The second kappa shape index (κ2) is 4.57. The van der Waals surface area contributed by atoms with Crippen LogP contribution < -0.4 is 0 Å². The fourth-order valence-corrected chi connectivity index (χ4v) is 2.93. The monoisotopic (exact) mass is 242 g/mol. The van der Waals surface area contributed by atoms with Crippen molar-refractivity contribution >= 4 is 0 Å². The molecule has 2 aliphatic rings. The van der Waals surface area contributed by atoms with Crippen LogP contribution in [0, 0.1) is 10.8 Å². The zero-order valence-corrected chi connectivity index (χ0v) is 12.5. The second-order valence-corrected chi connectivity index (χ2v) is 6.72. The highest BCUT2D eigenvalue weighted by Gasteiger charge is 2.38. The maximum atomic E-state index is 2.41. The summed E-state index contributed by atoms with van der Waals surface area (Å²) in [7, 11) is 0. The van der Waals surface area contributed by atoms with Crippen LogP contribution >= 0.6 is 0 Å². The maximum Gasteiger partial charge on any atom is -0.00559 e. The Morgan fingerprint density at radius 3 is 2.39 bits per heavy atom. The molecule has 0 nitrogen and oxygen atoms in total. The molecule has 98 valence electrons. The summed E-state index contributed by atoms with van der Waals surface area (Å²) < 4.78 is 0. The normalized spacial score (nSPS) is 25.9. The molecule has 0 bridgehead atoms. The summed E-state index contributed by atoms with van der Waals surface area (Å²) in [5, 5.41) is 0. The van der Waals surface area contributed by atoms with Gasteiger partial charge in [0.25, 0.3) is 0 Å². The third kappa shape index (κ3) is 2.13. The minimum atomic E-state index is 0.211. The van der Waals surface area contributed by atoms with E-state index in [1.807, 2.05) is 0 Å². The summed E-state index contributed by atoms with van der Waals surface area (Å²) in [6.07, 6.45) is 15.0. The predicted octanol–water partition coefficient (Wildman–Crippen LogP) is 5.59. The Balaban J connectivity index is 2.47. The largest absolute Gasteiger partial charge is 0.0876 e. The molecule has 0 fully saturated rings. The highest BCUT2D eigenvalue weighted by molar-refractivity contribution is 5.44. The van der Waals surface area contributed by atoms with Gasteiger partial charge in [-0.15, -0.1) is 0 Å². The predicted molar refractivity (Wildman–Crippen MR) is 80.5 cm³/mol. The molecule has 0 unspecified atom stereocenters. The van der Waals surface area contributed by atoms with Crippen molar-refractivity contribution < 1.29 is 0 Å². The lowest BCUT2D eigenvalue weighted by Crippen LogP contribution is -2.33. The van der Waals surface area contributed by atoms with Gasteiger partial charge in [-0.25, -0.2) is 0 Å². The first-order valence-electron chi connectivity index (χ1n) is 7.10. The van der Waals surface area contributed by atoms with Crippen molar-refractivity contribution in [3.63, 3.8) is 0 Å². The van der Waals surface area contributed by atoms with E-state index < -0.39 is 0 Å². The zero-order chi connectivity index (χ0) is 13.4. The van der Waals surface area contributed by atoms with Crippen molar-refractivity contribution in [1.29, 1.82) is 0 Å². The molecular formula is C18H26. The summed E-state index contributed by atoms with van der Waals surface area (Å²) in [5.41, 5.74) is 5.14. The Morgan fingerprint density at radius 1 is 1.06 bits per heavy atom. The molecular weight excluding hydrogens is 216 g/mol. The van der Waals surface area contributed by atoms with E-state index in [9.17, 15) is 0 Å². The van der Waals surface area contributed by atoms with Crippen molar-refractivity contribution in [2.45, 2.75) is 53.9 Å². The van der Waals surface area contributed by atoms with E-state index >= 15 is 0 Å². The molecule has 0 aromatic heterocycles. The lowest BCUT2D eigenvalue weighted by atomic mass is 9.61. The number of hydrogen-bond donors (Lipinski definition) is 0. The van der Waals surface area contributed by atoms with E-state index in [0.29, 0.717) is 0 Å². The minimum absolute atomic E-state index is 0.211. The van der Waals surface area contributed by atoms with Crippen LogP contribution in [0.4, 0.5) is 0 Å². The lowest BCUT2D eigenvalue weighted by Gasteiger charge is -2.43. The zero-order valence-electron chi connectivity index (χ0n) is 12.5. The summed E-state index contributed by atoms with van der Waals surface area (Å²) in [6.45, 7) is 11.8. The van der Waals surface area contributed by atoms with Crippen molar-refractivity contribution in [3.8, 4) is 0 Å². The molecule has 0 aromatic rings. The molecule has 0 heterocycles. The van der Waals surface area contributed by atoms with Gasteiger partial charge in [0.1, 0.15) is 0 Å². The van der Waals surface area contributed by atoms with E-state index in [1.165, 1.54) is 18.4 Å². The van der Waals surface area contributed by atoms with Gasteiger partial charge in [-0.2, -0.15) is 0 Å². The molecule has 0 atom stereocenters. The van der Waals surface area contributed by atoms with Gasteiger partial charge in [0.2, 0.25) is 0 Å². The van der Waals surface area contributed by atoms with Crippen molar-refractivity contribution in [3.05, 3.63) is 47.1 Å². The van der Waals surface area contributed by atoms with E-state index in [2.05, 4.69) is 65.0 Å². The van der Waals surface area contributed by atoms with Gasteiger partial charge in [-0.1, -0.05) is 63.6 Å². The summed E-state index contributed by atoms with van der Waals surface area (Å²) in [5.74, 6) is 0. The average Bonchev–Trinajstić information content (AvgIpc) is 2.80. The van der Waals surface area contributed by atoms with E-state index in [0.717, 1.165) is 6.42 Å². The van der Waals surface area contributed by atoms with Gasteiger partial charge in [0, 0.05) is 0 Å². The van der Waals surface area contributed by atoms with Crippen LogP contribution in [0.2, 0.25) is 0 Å². The van der Waals surface area contributed by atoms with Crippen LogP contribution in [0.3, 0.4) is 0 Å². The first-order valence-corrected chi connectivity index (χ1v) is 7.10. The van der Waals surface area contributed by atoms with Crippen molar-refractivity contribution in [1.82, 2.24) is 0 Å². The van der Waals surface area contributed by atoms with Crippen LogP contribution in [0.25, 0.3) is 0 Å². The summed E-state index contributed by atoms with van der Waals surface area (Å²) >= 11 is 0. The standard InChI is InChI=1S/C18H26/c1-14-16(15-10-6-7-11-15)12-8-9-13-17(2,3)18(14,4)5/h6-7,9-10,13H,8,11-12H2,1-5H3. The Labute approximate surface area is 112 Å². The van der Waals surface area contributed by atoms with Crippen LogP contribution in [0.1, 0.15) is 53.9 Å². The Morgan fingerprint density at radius 2 is 1.78 bits per heavy atom. The Kier molecular flexibility index (Phi) is 3.40. The van der Waals surface area contributed by atoms with Gasteiger partial charge in [-0.05, 0) is 48.2 Å². The number of hydrogen-bond acceptors (Lipinski definition) is 0. The smallest absolute Gasteiger partial charge is 0.00559 e. The van der Waals surface area contributed by atoms with Crippen LogP contribution in [0.15, 0.2) is 47.1 Å². The van der Waals surface area contributed by atoms with E-state index in [4.69, 9.17) is 0 Å². The summed E-state index contributed by atoms with van der Waals surface area (Å²) in [4.78, 5) is 0. The number of rotatable bonds is 1. The molecule has 0 N–H and O–H groups in total. The van der Waals surface area contributed by atoms with E-state index in [1.54, 1.807) is 11.1 Å². The molecule has 0 saturated carbocycles. The fraction of sp³-hybridized carbons (Fsp3) is 0.556. The molecule has 2 aliphatic carbocycles. The lowest BCUT2D eigenvalue weighted by molar-refractivity contribution is 0.211. The Bertz CT molecular complexity index is 450. The fourth-order valence-electron chi connectivity index (χ4n) is 2.93. The van der Waals surface area contributed by atoms with Crippen molar-refractivity contribution in [2.24, 2.45) is 10.8 Å². The highest BCUT2D eigenvalue weighted by atomic mass is 14.4. The van der Waals surface area contributed by atoms with Crippen LogP contribution in [-0.2, 0) is 0 Å². The van der Waals surface area contributed by atoms with Crippen molar-refractivity contribution in [2.75, 3.05) is 0 Å². The number of allylic oxidation sites excluding steroid dienone is 8.